The standard InChI is InChI=1S/C17H23I/c1-3-4-7-14-10-11-15(12-13(14)2)16-8-5-6-9-17(16)18/h4,7,10-12,16-17H,3,5-6,8-9H2,1-2H3/b7-4-. The van der Waals surface area contributed by atoms with Crippen molar-refractivity contribution in [1.82, 2.24) is 0 Å². The summed E-state index contributed by atoms with van der Waals surface area (Å²) in [5.41, 5.74) is 4.35. The van der Waals surface area contributed by atoms with Gasteiger partial charge >= 0.3 is 0 Å². The van der Waals surface area contributed by atoms with E-state index < -0.39 is 0 Å². The molecule has 1 aliphatic rings. The molecule has 18 heavy (non-hydrogen) atoms. The van der Waals surface area contributed by atoms with Crippen LogP contribution in [0.3, 0.4) is 0 Å². The fourth-order valence-corrected chi connectivity index (χ4v) is 4.04. The molecule has 1 aromatic rings. The number of hydrogen-bond donors (Lipinski definition) is 0. The third kappa shape index (κ3) is 3.37. The Morgan fingerprint density at radius 1 is 1.28 bits per heavy atom. The van der Waals surface area contributed by atoms with Gasteiger partial charge in [0.25, 0.3) is 0 Å². The van der Waals surface area contributed by atoms with Gasteiger partial charge in [-0.1, -0.05) is 72.7 Å². The smallest absolute Gasteiger partial charge is 0.0178 e. The molecule has 0 saturated heterocycles. The Morgan fingerprint density at radius 3 is 2.72 bits per heavy atom. The highest BCUT2D eigenvalue weighted by atomic mass is 127. The molecule has 2 atom stereocenters. The maximum absolute atomic E-state index is 2.65. The zero-order valence-corrected chi connectivity index (χ0v) is 13.6. The Bertz CT molecular complexity index is 420. The molecule has 0 N–H and O–H groups in total. The summed E-state index contributed by atoms with van der Waals surface area (Å²) in [6, 6.07) is 7.07. The predicted octanol–water partition coefficient (Wildman–Crippen LogP) is 5.88. The average Bonchev–Trinajstić information content (AvgIpc) is 2.38. The van der Waals surface area contributed by atoms with E-state index in [9.17, 15) is 0 Å². The average molecular weight is 354 g/mol. The third-order valence-electron chi connectivity index (χ3n) is 3.94. The second-order valence-electron chi connectivity index (χ2n) is 5.33. The minimum atomic E-state index is 0.780. The largest absolute Gasteiger partial charge is 0.0842 e. The van der Waals surface area contributed by atoms with Crippen molar-refractivity contribution in [2.45, 2.75) is 55.8 Å². The summed E-state index contributed by atoms with van der Waals surface area (Å²) >= 11 is 2.65. The first-order valence-corrected chi connectivity index (χ1v) is 8.38. The summed E-state index contributed by atoms with van der Waals surface area (Å²) in [5.74, 6) is 0.780. The van der Waals surface area contributed by atoms with Crippen molar-refractivity contribution in [1.29, 1.82) is 0 Å². The van der Waals surface area contributed by atoms with Crippen molar-refractivity contribution >= 4 is 28.7 Å². The zero-order chi connectivity index (χ0) is 13.0. The van der Waals surface area contributed by atoms with Crippen molar-refractivity contribution in [3.63, 3.8) is 0 Å². The number of aryl methyl sites for hydroxylation is 1. The number of rotatable bonds is 3. The number of halogens is 1. The van der Waals surface area contributed by atoms with E-state index >= 15 is 0 Å². The molecular formula is C17H23I. The van der Waals surface area contributed by atoms with Crippen molar-refractivity contribution in [3.8, 4) is 0 Å². The Morgan fingerprint density at radius 2 is 2.06 bits per heavy atom. The predicted molar refractivity (Wildman–Crippen MR) is 89.5 cm³/mol. The van der Waals surface area contributed by atoms with Crippen LogP contribution < -0.4 is 0 Å². The van der Waals surface area contributed by atoms with Gasteiger partial charge in [-0.15, -0.1) is 0 Å². The van der Waals surface area contributed by atoms with Crippen LogP contribution in [-0.4, -0.2) is 3.92 Å². The van der Waals surface area contributed by atoms with E-state index in [4.69, 9.17) is 0 Å². The molecule has 0 radical (unpaired) electrons. The van der Waals surface area contributed by atoms with E-state index in [2.05, 4.69) is 66.8 Å². The summed E-state index contributed by atoms with van der Waals surface area (Å²) in [4.78, 5) is 0. The number of hydrogen-bond acceptors (Lipinski definition) is 0. The fraction of sp³-hybridized carbons (Fsp3) is 0.529. The maximum atomic E-state index is 2.65. The normalized spacial score (nSPS) is 24.6. The monoisotopic (exact) mass is 354 g/mol. The van der Waals surface area contributed by atoms with Gasteiger partial charge in [-0.3, -0.25) is 0 Å². The molecule has 0 aliphatic heterocycles. The van der Waals surface area contributed by atoms with Gasteiger partial charge in [-0.25, -0.2) is 0 Å². The van der Waals surface area contributed by atoms with Gasteiger partial charge in [0.2, 0.25) is 0 Å². The molecule has 98 valence electrons. The molecule has 1 saturated carbocycles. The van der Waals surface area contributed by atoms with E-state index in [1.54, 1.807) is 5.56 Å². The molecule has 0 amide bonds. The fourth-order valence-electron chi connectivity index (χ4n) is 2.82. The SMILES string of the molecule is CC/C=C\c1ccc(C2CCCCC2I)cc1C. The molecule has 0 spiro atoms. The maximum Gasteiger partial charge on any atom is 0.0178 e. The molecule has 1 heteroatoms. The lowest BCUT2D eigenvalue weighted by Crippen LogP contribution is -2.17. The van der Waals surface area contributed by atoms with E-state index in [1.165, 1.54) is 36.8 Å². The van der Waals surface area contributed by atoms with Gasteiger partial charge < -0.3 is 0 Å². The van der Waals surface area contributed by atoms with Gasteiger partial charge in [-0.05, 0) is 48.8 Å². The third-order valence-corrected chi connectivity index (χ3v) is 5.43. The van der Waals surface area contributed by atoms with Crippen LogP contribution in [0.25, 0.3) is 6.08 Å². The lowest BCUT2D eigenvalue weighted by molar-refractivity contribution is 0.467. The first-order chi connectivity index (χ1) is 8.72. The highest BCUT2D eigenvalue weighted by Crippen LogP contribution is 2.38. The van der Waals surface area contributed by atoms with Crippen LogP contribution >= 0.6 is 22.6 Å². The number of benzene rings is 1. The lowest BCUT2D eigenvalue weighted by Gasteiger charge is -2.28. The Labute approximate surface area is 125 Å². The molecule has 0 aromatic heterocycles. The summed E-state index contributed by atoms with van der Waals surface area (Å²) in [5, 5.41) is 0. The zero-order valence-electron chi connectivity index (χ0n) is 11.5. The van der Waals surface area contributed by atoms with Crippen LogP contribution in [0.4, 0.5) is 0 Å². The van der Waals surface area contributed by atoms with Crippen molar-refractivity contribution in [2.75, 3.05) is 0 Å². The summed E-state index contributed by atoms with van der Waals surface area (Å²) in [6.07, 6.45) is 11.2. The molecule has 0 heterocycles. The highest BCUT2D eigenvalue weighted by Gasteiger charge is 2.24. The van der Waals surface area contributed by atoms with E-state index in [1.807, 2.05) is 0 Å². The first-order valence-electron chi connectivity index (χ1n) is 7.13. The molecule has 1 aromatic carbocycles. The summed E-state index contributed by atoms with van der Waals surface area (Å²) in [7, 11) is 0. The number of allylic oxidation sites excluding steroid dienone is 1. The Balaban J connectivity index is 2.19. The summed E-state index contributed by atoms with van der Waals surface area (Å²) < 4.78 is 0.827. The van der Waals surface area contributed by atoms with Crippen LogP contribution in [0.5, 0.6) is 0 Å². The number of alkyl halides is 1. The molecule has 0 nitrogen and oxygen atoms in total. The van der Waals surface area contributed by atoms with Crippen LogP contribution in [0, 0.1) is 6.92 Å². The Hall–Kier alpha value is -0.310. The van der Waals surface area contributed by atoms with E-state index in [0.29, 0.717) is 0 Å². The van der Waals surface area contributed by atoms with Gasteiger partial charge in [0.15, 0.2) is 0 Å². The second kappa shape index (κ2) is 6.74. The van der Waals surface area contributed by atoms with Crippen molar-refractivity contribution in [2.24, 2.45) is 0 Å². The summed E-state index contributed by atoms with van der Waals surface area (Å²) in [6.45, 7) is 4.42. The molecule has 0 bridgehead atoms. The first kappa shape index (κ1) is 14.1. The van der Waals surface area contributed by atoms with Crippen LogP contribution in [0.15, 0.2) is 24.3 Å². The molecule has 1 fully saturated rings. The highest BCUT2D eigenvalue weighted by molar-refractivity contribution is 14.1. The molecule has 2 unspecified atom stereocenters. The van der Waals surface area contributed by atoms with Crippen LogP contribution in [0.2, 0.25) is 0 Å². The van der Waals surface area contributed by atoms with Crippen LogP contribution in [-0.2, 0) is 0 Å². The second-order valence-corrected chi connectivity index (χ2v) is 6.93. The van der Waals surface area contributed by atoms with Gasteiger partial charge in [-0.2, -0.15) is 0 Å². The Kier molecular flexibility index (Phi) is 5.28. The molecular weight excluding hydrogens is 331 g/mol. The van der Waals surface area contributed by atoms with Gasteiger partial charge in [0.1, 0.15) is 0 Å². The topological polar surface area (TPSA) is 0 Å². The van der Waals surface area contributed by atoms with Crippen molar-refractivity contribution in [3.05, 3.63) is 41.0 Å². The van der Waals surface area contributed by atoms with Gasteiger partial charge in [0, 0.05) is 3.92 Å². The van der Waals surface area contributed by atoms with Crippen molar-refractivity contribution < 1.29 is 0 Å². The quantitative estimate of drug-likeness (QED) is 0.470. The molecule has 1 aliphatic carbocycles. The molecule has 2 rings (SSSR count). The lowest BCUT2D eigenvalue weighted by atomic mass is 9.83. The van der Waals surface area contributed by atoms with Crippen LogP contribution in [0.1, 0.15) is 61.6 Å². The minimum absolute atomic E-state index is 0.780. The minimum Gasteiger partial charge on any atom is -0.0842 e. The van der Waals surface area contributed by atoms with E-state index in [-0.39, 0.29) is 0 Å². The van der Waals surface area contributed by atoms with Gasteiger partial charge in [0.05, 0.1) is 0 Å². The van der Waals surface area contributed by atoms with E-state index in [0.717, 1.165) is 16.3 Å².